The quantitative estimate of drug-likeness (QED) is 0.785. The largest absolute Gasteiger partial charge is 0.368 e. The molecule has 132 valence electrons. The highest BCUT2D eigenvalue weighted by Gasteiger charge is 2.33. The summed E-state index contributed by atoms with van der Waals surface area (Å²) < 4.78 is 1.73. The molecule has 1 fully saturated rings. The Morgan fingerprint density at radius 1 is 1.23 bits per heavy atom. The van der Waals surface area contributed by atoms with E-state index in [9.17, 15) is 4.79 Å². The summed E-state index contributed by atoms with van der Waals surface area (Å²) in [5.74, 6) is 0.231. The Bertz CT molecular complexity index is 936. The van der Waals surface area contributed by atoms with Crippen LogP contribution >= 0.6 is 0 Å². The van der Waals surface area contributed by atoms with Crippen LogP contribution in [0.4, 0.5) is 5.95 Å². The number of rotatable bonds is 3. The number of nitrogens with zero attached hydrogens (tertiary/aromatic N) is 5. The molecule has 7 heteroatoms. The molecule has 1 aliphatic rings. The Hall–Kier alpha value is -3.22. The molecule has 1 atom stereocenters. The molecule has 1 aliphatic heterocycles. The van der Waals surface area contributed by atoms with Gasteiger partial charge in [-0.05, 0) is 25.0 Å². The van der Waals surface area contributed by atoms with Crippen molar-refractivity contribution in [1.82, 2.24) is 24.6 Å². The molecule has 0 unspecified atom stereocenters. The molecule has 26 heavy (non-hydrogen) atoms. The Balaban J connectivity index is 1.74. The van der Waals surface area contributed by atoms with Gasteiger partial charge in [0.1, 0.15) is 0 Å². The summed E-state index contributed by atoms with van der Waals surface area (Å²) in [6.07, 6.45) is 7.19. The third-order valence-corrected chi connectivity index (χ3v) is 4.70. The van der Waals surface area contributed by atoms with Crippen molar-refractivity contribution in [3.63, 3.8) is 0 Å². The summed E-state index contributed by atoms with van der Waals surface area (Å²) in [7, 11) is 1.86. The first-order valence-electron chi connectivity index (χ1n) is 8.61. The molecule has 1 aromatic carbocycles. The molecule has 0 aliphatic carbocycles. The van der Waals surface area contributed by atoms with Crippen molar-refractivity contribution in [2.45, 2.75) is 18.9 Å². The maximum absolute atomic E-state index is 13.0. The van der Waals surface area contributed by atoms with Crippen molar-refractivity contribution in [3.8, 4) is 11.1 Å². The Morgan fingerprint density at radius 2 is 2.04 bits per heavy atom. The second-order valence-corrected chi connectivity index (χ2v) is 6.45. The molecule has 1 amide bonds. The van der Waals surface area contributed by atoms with Gasteiger partial charge in [-0.25, -0.2) is 9.97 Å². The molecule has 3 heterocycles. The lowest BCUT2D eigenvalue weighted by molar-refractivity contribution is 0.0733. The number of aryl methyl sites for hydroxylation is 1. The van der Waals surface area contributed by atoms with Crippen LogP contribution in [-0.2, 0) is 7.05 Å². The molecule has 2 aromatic heterocycles. The van der Waals surface area contributed by atoms with Gasteiger partial charge >= 0.3 is 0 Å². The second-order valence-electron chi connectivity index (χ2n) is 6.45. The molecule has 1 saturated heterocycles. The minimum Gasteiger partial charge on any atom is -0.368 e. The third kappa shape index (κ3) is 2.92. The van der Waals surface area contributed by atoms with E-state index in [1.54, 1.807) is 17.1 Å². The monoisotopic (exact) mass is 348 g/mol. The van der Waals surface area contributed by atoms with Crippen LogP contribution in [0.1, 0.15) is 34.9 Å². The molecule has 7 nitrogen and oxygen atoms in total. The second kappa shape index (κ2) is 6.59. The fourth-order valence-corrected chi connectivity index (χ4v) is 3.49. The number of anilines is 1. The van der Waals surface area contributed by atoms with Crippen LogP contribution < -0.4 is 5.73 Å². The van der Waals surface area contributed by atoms with E-state index in [-0.39, 0.29) is 17.9 Å². The number of carbonyl (C=O) groups excluding carboxylic acids is 1. The first-order valence-corrected chi connectivity index (χ1v) is 8.61. The molecule has 2 N–H and O–H groups in total. The Labute approximate surface area is 151 Å². The summed E-state index contributed by atoms with van der Waals surface area (Å²) >= 11 is 0. The molecule has 0 spiro atoms. The lowest BCUT2D eigenvalue weighted by Gasteiger charge is -2.26. The van der Waals surface area contributed by atoms with Gasteiger partial charge in [0, 0.05) is 42.7 Å². The van der Waals surface area contributed by atoms with Crippen LogP contribution in [0.5, 0.6) is 0 Å². The number of benzene rings is 1. The maximum Gasteiger partial charge on any atom is 0.254 e. The number of nitrogen functional groups attached to an aromatic ring is 1. The number of carbonyl (C=O) groups is 1. The lowest BCUT2D eigenvalue weighted by Crippen LogP contribution is -2.31. The summed E-state index contributed by atoms with van der Waals surface area (Å²) in [6.45, 7) is 0.703. The molecule has 0 saturated carbocycles. The molecule has 3 aromatic rings. The highest BCUT2D eigenvalue weighted by atomic mass is 16.2. The molecule has 4 rings (SSSR count). The molecular formula is C19H20N6O. The lowest BCUT2D eigenvalue weighted by atomic mass is 10.0. The Kier molecular flexibility index (Phi) is 4.12. The molecule has 0 bridgehead atoms. The third-order valence-electron chi connectivity index (χ3n) is 4.70. The predicted molar refractivity (Wildman–Crippen MR) is 98.1 cm³/mol. The van der Waals surface area contributed by atoms with E-state index in [1.165, 1.54) is 0 Å². The highest BCUT2D eigenvalue weighted by molar-refractivity contribution is 5.94. The highest BCUT2D eigenvalue weighted by Crippen LogP contribution is 2.37. The van der Waals surface area contributed by atoms with Gasteiger partial charge in [0.05, 0.1) is 17.9 Å². The van der Waals surface area contributed by atoms with Crippen LogP contribution in [0.15, 0.2) is 48.9 Å². The van der Waals surface area contributed by atoms with Crippen LogP contribution in [0.3, 0.4) is 0 Å². The fraction of sp³-hybridized carbons (Fsp3) is 0.263. The van der Waals surface area contributed by atoms with Crippen molar-refractivity contribution in [2.75, 3.05) is 12.3 Å². The fourth-order valence-electron chi connectivity index (χ4n) is 3.49. The van der Waals surface area contributed by atoms with Gasteiger partial charge in [-0.1, -0.05) is 18.2 Å². The average Bonchev–Trinajstić information content (AvgIpc) is 3.31. The zero-order chi connectivity index (χ0) is 18.1. The molecule has 0 radical (unpaired) electrons. The van der Waals surface area contributed by atoms with E-state index in [2.05, 4.69) is 15.1 Å². The zero-order valence-corrected chi connectivity index (χ0v) is 14.5. The SMILES string of the molecule is Cn1cc(-c2cnc(N)nc2[C@H]2CCCN2C(=O)c2ccccc2)cn1. The van der Waals surface area contributed by atoms with Crippen LogP contribution in [-0.4, -0.2) is 37.1 Å². The minimum atomic E-state index is -0.122. The van der Waals surface area contributed by atoms with Gasteiger partial charge in [-0.2, -0.15) is 5.10 Å². The van der Waals surface area contributed by atoms with Crippen molar-refractivity contribution in [2.24, 2.45) is 7.05 Å². The standard InChI is InChI=1S/C19H20N6O/c1-24-12-14(10-22-24)15-11-21-19(20)23-17(15)16-8-5-9-25(16)18(26)13-6-3-2-4-7-13/h2-4,6-7,10-12,16H,5,8-9H2,1H3,(H2,20,21,23)/t16-/m1/s1. The normalized spacial score (nSPS) is 16.8. The summed E-state index contributed by atoms with van der Waals surface area (Å²) in [5.41, 5.74) is 9.12. The van der Waals surface area contributed by atoms with Gasteiger partial charge in [-0.3, -0.25) is 9.48 Å². The average molecular weight is 348 g/mol. The van der Waals surface area contributed by atoms with Crippen molar-refractivity contribution < 1.29 is 4.79 Å². The number of hydrogen-bond acceptors (Lipinski definition) is 5. The van der Waals surface area contributed by atoms with Crippen molar-refractivity contribution >= 4 is 11.9 Å². The van der Waals surface area contributed by atoms with Gasteiger partial charge in [0.25, 0.3) is 5.91 Å². The van der Waals surface area contributed by atoms with E-state index < -0.39 is 0 Å². The van der Waals surface area contributed by atoms with Crippen LogP contribution in [0, 0.1) is 0 Å². The summed E-state index contributed by atoms with van der Waals surface area (Å²) in [4.78, 5) is 23.5. The van der Waals surface area contributed by atoms with Crippen molar-refractivity contribution in [3.05, 3.63) is 60.2 Å². The van der Waals surface area contributed by atoms with Crippen LogP contribution in [0.2, 0.25) is 0 Å². The van der Waals surface area contributed by atoms with Crippen LogP contribution in [0.25, 0.3) is 11.1 Å². The van der Waals surface area contributed by atoms with Gasteiger partial charge in [-0.15, -0.1) is 0 Å². The van der Waals surface area contributed by atoms with E-state index >= 15 is 0 Å². The molecular weight excluding hydrogens is 328 g/mol. The first kappa shape index (κ1) is 16.3. The maximum atomic E-state index is 13.0. The number of aromatic nitrogens is 4. The summed E-state index contributed by atoms with van der Waals surface area (Å²) in [6, 6.07) is 9.22. The van der Waals surface area contributed by atoms with Gasteiger partial charge in [0.2, 0.25) is 5.95 Å². The number of nitrogens with two attached hydrogens (primary N) is 1. The first-order chi connectivity index (χ1) is 12.6. The summed E-state index contributed by atoms with van der Waals surface area (Å²) in [5, 5.41) is 4.23. The van der Waals surface area contributed by atoms with E-state index in [0.29, 0.717) is 12.1 Å². The minimum absolute atomic E-state index is 0.0161. The van der Waals surface area contributed by atoms with E-state index in [4.69, 9.17) is 5.73 Å². The zero-order valence-electron chi connectivity index (χ0n) is 14.5. The van der Waals surface area contributed by atoms with Gasteiger partial charge in [0.15, 0.2) is 0 Å². The topological polar surface area (TPSA) is 89.9 Å². The smallest absolute Gasteiger partial charge is 0.254 e. The van der Waals surface area contributed by atoms with Gasteiger partial charge < -0.3 is 10.6 Å². The van der Waals surface area contributed by atoms with Crippen molar-refractivity contribution in [1.29, 1.82) is 0 Å². The predicted octanol–water partition coefficient (Wildman–Crippen LogP) is 2.44. The number of hydrogen-bond donors (Lipinski definition) is 1. The number of likely N-dealkylation sites (tertiary alicyclic amines) is 1. The number of amides is 1. The van der Waals surface area contributed by atoms with E-state index in [1.807, 2.05) is 48.5 Å². The Morgan fingerprint density at radius 3 is 2.77 bits per heavy atom. The van der Waals surface area contributed by atoms with E-state index in [0.717, 1.165) is 29.7 Å².